The minimum Gasteiger partial charge on any atom is -0.360 e. The first-order valence-corrected chi connectivity index (χ1v) is 8.10. The third kappa shape index (κ3) is 7.68. The second-order valence-corrected chi connectivity index (χ2v) is 6.47. The van der Waals surface area contributed by atoms with Crippen molar-refractivity contribution in [1.82, 2.24) is 9.80 Å². The molecule has 0 aromatic rings. The molecule has 22 heavy (non-hydrogen) atoms. The Hall–Kier alpha value is -0.480. The van der Waals surface area contributed by atoms with Crippen LogP contribution in [0.3, 0.4) is 0 Å². The van der Waals surface area contributed by atoms with Crippen LogP contribution in [0.4, 0.5) is 0 Å². The van der Waals surface area contributed by atoms with Gasteiger partial charge in [-0.05, 0) is 25.7 Å². The standard InChI is InChI=1S/2C8H16N2.2ClH/c2*1-7(2)8(9)10-5-3-4-6-10;;/h2*7,9H,3-6H2,1-2H3;2*1H. The van der Waals surface area contributed by atoms with Gasteiger partial charge >= 0.3 is 0 Å². The van der Waals surface area contributed by atoms with Crippen LogP contribution in [0.1, 0.15) is 53.4 Å². The molecular weight excluding hydrogens is 319 g/mol. The molecule has 2 saturated heterocycles. The maximum atomic E-state index is 7.67. The van der Waals surface area contributed by atoms with Gasteiger partial charge in [0.05, 0.1) is 11.7 Å². The highest BCUT2D eigenvalue weighted by molar-refractivity contribution is 5.85. The van der Waals surface area contributed by atoms with Gasteiger partial charge < -0.3 is 9.80 Å². The van der Waals surface area contributed by atoms with E-state index in [0.29, 0.717) is 11.8 Å². The van der Waals surface area contributed by atoms with E-state index in [9.17, 15) is 0 Å². The second kappa shape index (κ2) is 12.0. The lowest BCUT2D eigenvalue weighted by Crippen LogP contribution is -2.30. The van der Waals surface area contributed by atoms with E-state index in [1.807, 2.05) is 0 Å². The van der Waals surface area contributed by atoms with Crippen LogP contribution in [0.2, 0.25) is 0 Å². The fourth-order valence-electron chi connectivity index (χ4n) is 2.65. The minimum atomic E-state index is 0. The van der Waals surface area contributed by atoms with Crippen LogP contribution in [-0.4, -0.2) is 47.7 Å². The SMILES string of the molecule is CC(C)C(=N)N1CCCC1.CC(C)C(=N)N1CCCC1.Cl.Cl. The quantitative estimate of drug-likeness (QED) is 0.575. The number of hydrogen-bond donors (Lipinski definition) is 2. The van der Waals surface area contributed by atoms with Crippen molar-refractivity contribution in [3.8, 4) is 0 Å². The first-order valence-electron chi connectivity index (χ1n) is 8.10. The summed E-state index contributed by atoms with van der Waals surface area (Å²) in [5.41, 5.74) is 0. The van der Waals surface area contributed by atoms with E-state index < -0.39 is 0 Å². The molecule has 6 heteroatoms. The number of rotatable bonds is 2. The Kier molecular flexibility index (Phi) is 13.0. The summed E-state index contributed by atoms with van der Waals surface area (Å²) in [6.07, 6.45) is 5.09. The van der Waals surface area contributed by atoms with E-state index in [1.54, 1.807) is 0 Å². The van der Waals surface area contributed by atoms with E-state index in [4.69, 9.17) is 10.8 Å². The lowest BCUT2D eigenvalue weighted by atomic mass is 10.2. The molecular formula is C16H34Cl2N4. The number of amidine groups is 2. The number of halogens is 2. The fraction of sp³-hybridized carbons (Fsp3) is 0.875. The van der Waals surface area contributed by atoms with Crippen molar-refractivity contribution >= 4 is 36.5 Å². The van der Waals surface area contributed by atoms with E-state index in [1.165, 1.54) is 25.7 Å². The van der Waals surface area contributed by atoms with Gasteiger partial charge in [0.15, 0.2) is 0 Å². The van der Waals surface area contributed by atoms with Gasteiger partial charge in [-0.15, -0.1) is 24.8 Å². The van der Waals surface area contributed by atoms with Gasteiger partial charge in [-0.25, -0.2) is 0 Å². The average Bonchev–Trinajstić information content (AvgIpc) is 3.10. The molecule has 132 valence electrons. The Morgan fingerprint density at radius 3 is 1.05 bits per heavy atom. The molecule has 4 nitrogen and oxygen atoms in total. The monoisotopic (exact) mass is 352 g/mol. The van der Waals surface area contributed by atoms with Gasteiger partial charge in [-0.3, -0.25) is 10.8 Å². The summed E-state index contributed by atoms with van der Waals surface area (Å²) in [5.74, 6) is 2.44. The van der Waals surface area contributed by atoms with Gasteiger partial charge in [0.1, 0.15) is 0 Å². The summed E-state index contributed by atoms with van der Waals surface area (Å²) in [6.45, 7) is 12.8. The number of nitrogens with zero attached hydrogens (tertiary/aromatic N) is 2. The summed E-state index contributed by atoms with van der Waals surface area (Å²) >= 11 is 0. The highest BCUT2D eigenvalue weighted by Gasteiger charge is 2.17. The molecule has 0 aromatic carbocycles. The average molecular weight is 353 g/mol. The van der Waals surface area contributed by atoms with Crippen LogP contribution in [0.5, 0.6) is 0 Å². The lowest BCUT2D eigenvalue weighted by Gasteiger charge is -2.20. The first kappa shape index (κ1) is 23.8. The van der Waals surface area contributed by atoms with Crippen molar-refractivity contribution in [3.05, 3.63) is 0 Å². The predicted octanol–water partition coefficient (Wildman–Crippen LogP) is 4.27. The molecule has 0 aliphatic carbocycles. The van der Waals surface area contributed by atoms with Crippen LogP contribution < -0.4 is 0 Å². The third-order valence-electron chi connectivity index (χ3n) is 3.99. The van der Waals surface area contributed by atoms with Gasteiger partial charge in [0, 0.05) is 38.0 Å². The highest BCUT2D eigenvalue weighted by atomic mass is 35.5. The molecule has 0 spiro atoms. The summed E-state index contributed by atoms with van der Waals surface area (Å²) in [7, 11) is 0. The molecule has 2 aliphatic heterocycles. The smallest absolute Gasteiger partial charge is 0.0983 e. The van der Waals surface area contributed by atoms with Crippen molar-refractivity contribution in [2.75, 3.05) is 26.2 Å². The lowest BCUT2D eigenvalue weighted by molar-refractivity contribution is 0.484. The van der Waals surface area contributed by atoms with Crippen molar-refractivity contribution < 1.29 is 0 Å². The number of likely N-dealkylation sites (tertiary alicyclic amines) is 2. The van der Waals surface area contributed by atoms with E-state index in [2.05, 4.69) is 37.5 Å². The van der Waals surface area contributed by atoms with Crippen LogP contribution >= 0.6 is 24.8 Å². The van der Waals surface area contributed by atoms with Crippen molar-refractivity contribution in [3.63, 3.8) is 0 Å². The summed E-state index contributed by atoms with van der Waals surface area (Å²) in [4.78, 5) is 4.37. The van der Waals surface area contributed by atoms with Gasteiger partial charge in [0.2, 0.25) is 0 Å². The molecule has 0 aromatic heterocycles. The maximum Gasteiger partial charge on any atom is 0.0983 e. The summed E-state index contributed by atoms with van der Waals surface area (Å²) in [6, 6.07) is 0. The Morgan fingerprint density at radius 2 is 0.864 bits per heavy atom. The van der Waals surface area contributed by atoms with E-state index in [-0.39, 0.29) is 24.8 Å². The van der Waals surface area contributed by atoms with Crippen LogP contribution in [0.15, 0.2) is 0 Å². The Bertz CT molecular complexity index is 288. The molecule has 2 fully saturated rings. The third-order valence-corrected chi connectivity index (χ3v) is 3.99. The summed E-state index contributed by atoms with van der Waals surface area (Å²) in [5, 5.41) is 15.3. The fourth-order valence-corrected chi connectivity index (χ4v) is 2.65. The molecule has 2 aliphatic rings. The van der Waals surface area contributed by atoms with Crippen molar-refractivity contribution in [2.45, 2.75) is 53.4 Å². The highest BCUT2D eigenvalue weighted by Crippen LogP contribution is 2.12. The van der Waals surface area contributed by atoms with Crippen LogP contribution in [0, 0.1) is 22.7 Å². The van der Waals surface area contributed by atoms with Gasteiger partial charge in [-0.1, -0.05) is 27.7 Å². The molecule has 0 saturated carbocycles. The predicted molar refractivity (Wildman–Crippen MR) is 101 cm³/mol. The van der Waals surface area contributed by atoms with Crippen LogP contribution in [-0.2, 0) is 0 Å². The molecule has 0 radical (unpaired) electrons. The second-order valence-electron chi connectivity index (χ2n) is 6.47. The van der Waals surface area contributed by atoms with Crippen molar-refractivity contribution in [2.24, 2.45) is 11.8 Å². The Balaban J connectivity index is 0. The molecule has 2 heterocycles. The zero-order valence-corrected chi connectivity index (χ0v) is 16.2. The molecule has 0 unspecified atom stereocenters. The largest absolute Gasteiger partial charge is 0.360 e. The van der Waals surface area contributed by atoms with Crippen LogP contribution in [0.25, 0.3) is 0 Å². The summed E-state index contributed by atoms with van der Waals surface area (Å²) < 4.78 is 0. The zero-order valence-electron chi connectivity index (χ0n) is 14.5. The normalized spacial score (nSPS) is 16.8. The van der Waals surface area contributed by atoms with E-state index >= 15 is 0 Å². The van der Waals surface area contributed by atoms with Gasteiger partial charge in [0.25, 0.3) is 0 Å². The molecule has 0 bridgehead atoms. The number of nitrogens with one attached hydrogen (secondary N) is 2. The number of hydrogen-bond acceptors (Lipinski definition) is 2. The minimum absolute atomic E-state index is 0. The maximum absolute atomic E-state index is 7.67. The van der Waals surface area contributed by atoms with Gasteiger partial charge in [-0.2, -0.15) is 0 Å². The molecule has 2 rings (SSSR count). The Morgan fingerprint density at radius 1 is 0.636 bits per heavy atom. The molecule has 0 amide bonds. The zero-order chi connectivity index (χ0) is 15.1. The molecule has 2 N–H and O–H groups in total. The van der Waals surface area contributed by atoms with E-state index in [0.717, 1.165) is 37.9 Å². The van der Waals surface area contributed by atoms with Crippen molar-refractivity contribution in [1.29, 1.82) is 10.8 Å². The topological polar surface area (TPSA) is 54.2 Å². The molecule has 0 atom stereocenters. The Labute approximate surface area is 148 Å². The first-order chi connectivity index (χ1) is 9.43.